The summed E-state index contributed by atoms with van der Waals surface area (Å²) in [5.41, 5.74) is 2.37. The molecule has 0 radical (unpaired) electrons. The van der Waals surface area contributed by atoms with Crippen LogP contribution in [0.2, 0.25) is 5.02 Å². The van der Waals surface area contributed by atoms with E-state index in [2.05, 4.69) is 12.2 Å². The van der Waals surface area contributed by atoms with Crippen LogP contribution in [0.3, 0.4) is 0 Å². The topological polar surface area (TPSA) is 47.6 Å². The summed E-state index contributed by atoms with van der Waals surface area (Å²) in [5.74, 6) is 0.661. The minimum Gasteiger partial charge on any atom is -0.493 e. The van der Waals surface area contributed by atoms with Crippen LogP contribution in [-0.4, -0.2) is 19.6 Å². The Hall–Kier alpha value is -2.20. The van der Waals surface area contributed by atoms with Crippen LogP contribution in [0.1, 0.15) is 36.2 Å². The van der Waals surface area contributed by atoms with Gasteiger partial charge in [-0.05, 0) is 42.7 Å². The summed E-state index contributed by atoms with van der Waals surface area (Å²) >= 11 is 6.25. The molecule has 24 heavy (non-hydrogen) atoms. The number of benzene rings is 2. The monoisotopic (exact) mass is 347 g/mol. The molecular formula is C19H22ClNO3. The van der Waals surface area contributed by atoms with Gasteiger partial charge in [-0.3, -0.25) is 4.79 Å². The van der Waals surface area contributed by atoms with Crippen LogP contribution in [0.4, 0.5) is 5.69 Å². The zero-order valence-corrected chi connectivity index (χ0v) is 14.9. The average molecular weight is 348 g/mol. The van der Waals surface area contributed by atoms with Crippen molar-refractivity contribution in [2.24, 2.45) is 0 Å². The second kappa shape index (κ2) is 8.60. The van der Waals surface area contributed by atoms with Gasteiger partial charge in [0.1, 0.15) is 0 Å². The maximum atomic E-state index is 12.4. The van der Waals surface area contributed by atoms with Crippen molar-refractivity contribution in [2.75, 3.05) is 19.0 Å². The Balaban J connectivity index is 2.20. The van der Waals surface area contributed by atoms with Gasteiger partial charge in [0.05, 0.1) is 18.7 Å². The second-order valence-electron chi connectivity index (χ2n) is 5.34. The highest BCUT2D eigenvalue weighted by Gasteiger charge is 2.16. The fourth-order valence-electron chi connectivity index (χ4n) is 2.22. The molecule has 5 heteroatoms. The first-order chi connectivity index (χ1) is 11.6. The largest absolute Gasteiger partial charge is 0.493 e. The van der Waals surface area contributed by atoms with Crippen molar-refractivity contribution >= 4 is 23.2 Å². The van der Waals surface area contributed by atoms with Crippen LogP contribution >= 0.6 is 11.6 Å². The fourth-order valence-corrected chi connectivity index (χ4v) is 2.49. The highest BCUT2D eigenvalue weighted by atomic mass is 35.5. The van der Waals surface area contributed by atoms with Crippen molar-refractivity contribution in [1.82, 2.24) is 0 Å². The van der Waals surface area contributed by atoms with E-state index >= 15 is 0 Å². The number of halogens is 1. The molecule has 2 rings (SSSR count). The van der Waals surface area contributed by atoms with E-state index in [1.807, 2.05) is 31.2 Å². The first-order valence-corrected chi connectivity index (χ1v) is 8.37. The molecule has 0 atom stereocenters. The van der Waals surface area contributed by atoms with Crippen molar-refractivity contribution in [1.29, 1.82) is 0 Å². The highest BCUT2D eigenvalue weighted by molar-refractivity contribution is 6.32. The van der Waals surface area contributed by atoms with E-state index in [9.17, 15) is 4.79 Å². The molecule has 0 heterocycles. The predicted molar refractivity (Wildman–Crippen MR) is 97.6 cm³/mol. The Morgan fingerprint density at radius 3 is 2.46 bits per heavy atom. The number of methoxy groups -OCH3 is 1. The average Bonchev–Trinajstić information content (AvgIpc) is 2.60. The van der Waals surface area contributed by atoms with Crippen LogP contribution < -0.4 is 14.8 Å². The first-order valence-electron chi connectivity index (χ1n) is 7.99. The molecular weight excluding hydrogens is 326 g/mol. The molecule has 0 unspecified atom stereocenters. The van der Waals surface area contributed by atoms with Crippen LogP contribution in [0.25, 0.3) is 0 Å². The number of nitrogens with one attached hydrogen (secondary N) is 1. The lowest BCUT2D eigenvalue weighted by atomic mass is 10.1. The number of carbonyl (C=O) groups excluding carboxylic acids is 1. The number of ether oxygens (including phenoxy) is 2. The van der Waals surface area contributed by atoms with Crippen LogP contribution in [0, 0.1) is 0 Å². The molecule has 0 aliphatic heterocycles. The molecule has 0 aliphatic carbocycles. The van der Waals surface area contributed by atoms with Gasteiger partial charge in [-0.15, -0.1) is 0 Å². The summed E-state index contributed by atoms with van der Waals surface area (Å²) in [4.78, 5) is 12.4. The maximum absolute atomic E-state index is 12.4. The number of carbonyl (C=O) groups is 1. The number of amides is 1. The molecule has 128 valence electrons. The van der Waals surface area contributed by atoms with Gasteiger partial charge in [-0.25, -0.2) is 0 Å². The maximum Gasteiger partial charge on any atom is 0.255 e. The molecule has 4 nitrogen and oxygen atoms in total. The summed E-state index contributed by atoms with van der Waals surface area (Å²) < 4.78 is 10.9. The molecule has 0 aromatic heterocycles. The number of rotatable bonds is 7. The normalized spacial score (nSPS) is 10.3. The SMILES string of the molecule is CCCOc1c(Cl)cc(C(=O)Nc2ccc(CC)cc2)cc1OC. The van der Waals surface area contributed by atoms with Gasteiger partial charge in [-0.1, -0.05) is 37.6 Å². The lowest BCUT2D eigenvalue weighted by molar-refractivity contribution is 0.102. The number of aryl methyl sites for hydroxylation is 1. The molecule has 0 bridgehead atoms. The standard InChI is InChI=1S/C19H22ClNO3/c1-4-10-24-18-16(20)11-14(12-17(18)23-3)19(22)21-15-8-6-13(5-2)7-9-15/h6-9,11-12H,4-5,10H2,1-3H3,(H,21,22). The fraction of sp³-hybridized carbons (Fsp3) is 0.316. The van der Waals surface area contributed by atoms with E-state index in [4.69, 9.17) is 21.1 Å². The predicted octanol–water partition coefficient (Wildman–Crippen LogP) is 4.95. The van der Waals surface area contributed by atoms with E-state index in [-0.39, 0.29) is 5.91 Å². The smallest absolute Gasteiger partial charge is 0.255 e. The molecule has 2 aromatic rings. The van der Waals surface area contributed by atoms with Gasteiger partial charge in [0, 0.05) is 11.3 Å². The van der Waals surface area contributed by atoms with Gasteiger partial charge < -0.3 is 14.8 Å². The zero-order valence-electron chi connectivity index (χ0n) is 14.2. The summed E-state index contributed by atoms with van der Waals surface area (Å²) in [7, 11) is 1.52. The Morgan fingerprint density at radius 2 is 1.88 bits per heavy atom. The molecule has 1 N–H and O–H groups in total. The van der Waals surface area contributed by atoms with E-state index in [0.717, 1.165) is 18.5 Å². The molecule has 0 aliphatic rings. The van der Waals surface area contributed by atoms with E-state index in [1.165, 1.54) is 12.7 Å². The summed E-state index contributed by atoms with van der Waals surface area (Å²) in [6, 6.07) is 11.0. The minimum atomic E-state index is -0.249. The quantitative estimate of drug-likeness (QED) is 0.770. The van der Waals surface area contributed by atoms with Gasteiger partial charge in [0.2, 0.25) is 0 Å². The molecule has 0 spiro atoms. The Bertz CT molecular complexity index is 699. The third kappa shape index (κ3) is 4.42. The Kier molecular flexibility index (Phi) is 6.50. The third-order valence-electron chi connectivity index (χ3n) is 3.56. The van der Waals surface area contributed by atoms with E-state index in [1.54, 1.807) is 12.1 Å². The molecule has 0 saturated heterocycles. The Morgan fingerprint density at radius 1 is 1.17 bits per heavy atom. The van der Waals surface area contributed by atoms with Crippen molar-refractivity contribution in [3.8, 4) is 11.5 Å². The van der Waals surface area contributed by atoms with E-state index < -0.39 is 0 Å². The molecule has 0 fully saturated rings. The first kappa shape index (κ1) is 18.1. The lowest BCUT2D eigenvalue weighted by Gasteiger charge is -2.14. The van der Waals surface area contributed by atoms with Crippen molar-refractivity contribution < 1.29 is 14.3 Å². The highest BCUT2D eigenvalue weighted by Crippen LogP contribution is 2.36. The summed E-state index contributed by atoms with van der Waals surface area (Å²) in [6.45, 7) is 4.63. The van der Waals surface area contributed by atoms with Crippen molar-refractivity contribution in [3.63, 3.8) is 0 Å². The number of hydrogen-bond donors (Lipinski definition) is 1. The summed E-state index contributed by atoms with van der Waals surface area (Å²) in [5, 5.41) is 3.21. The second-order valence-corrected chi connectivity index (χ2v) is 5.75. The van der Waals surface area contributed by atoms with Crippen LogP contribution in [-0.2, 0) is 6.42 Å². The van der Waals surface area contributed by atoms with Gasteiger partial charge in [-0.2, -0.15) is 0 Å². The Labute approximate surface area is 147 Å². The molecule has 2 aromatic carbocycles. The van der Waals surface area contributed by atoms with Crippen molar-refractivity contribution in [3.05, 3.63) is 52.5 Å². The molecule has 0 saturated carbocycles. The lowest BCUT2D eigenvalue weighted by Crippen LogP contribution is -2.12. The van der Waals surface area contributed by atoms with Crippen molar-refractivity contribution in [2.45, 2.75) is 26.7 Å². The van der Waals surface area contributed by atoms with Gasteiger partial charge in [0.25, 0.3) is 5.91 Å². The minimum absolute atomic E-state index is 0.249. The summed E-state index contributed by atoms with van der Waals surface area (Å²) in [6.07, 6.45) is 1.82. The van der Waals surface area contributed by atoms with E-state index in [0.29, 0.717) is 28.7 Å². The zero-order chi connectivity index (χ0) is 17.5. The van der Waals surface area contributed by atoms with Gasteiger partial charge in [0.15, 0.2) is 11.5 Å². The third-order valence-corrected chi connectivity index (χ3v) is 3.84. The molecule has 1 amide bonds. The van der Waals surface area contributed by atoms with Gasteiger partial charge >= 0.3 is 0 Å². The number of anilines is 1. The number of hydrogen-bond acceptors (Lipinski definition) is 3. The van der Waals surface area contributed by atoms with Crippen LogP contribution in [0.5, 0.6) is 11.5 Å². The van der Waals surface area contributed by atoms with Crippen LogP contribution in [0.15, 0.2) is 36.4 Å².